The summed E-state index contributed by atoms with van der Waals surface area (Å²) >= 11 is 6.39. The number of primary amides is 1. The molecule has 10 nitrogen and oxygen atoms in total. The molecule has 1 aliphatic carbocycles. The molecular formula is C29H37ClN4O6. The number of nitrogens with two attached hydrogens (primary N) is 1. The highest BCUT2D eigenvalue weighted by Gasteiger charge is 2.42. The Morgan fingerprint density at radius 3 is 2.30 bits per heavy atom. The molecule has 216 valence electrons. The molecule has 0 aliphatic heterocycles. The fourth-order valence-electron chi connectivity index (χ4n) is 4.43. The Hall–Kier alpha value is -3.79. The van der Waals surface area contributed by atoms with Crippen molar-refractivity contribution in [2.24, 2.45) is 5.73 Å². The highest BCUT2D eigenvalue weighted by molar-refractivity contribution is 6.34. The number of alkyl carbamates (subject to hydrolysis) is 1. The Morgan fingerprint density at radius 2 is 1.77 bits per heavy atom. The maximum atomic E-state index is 14.2. The van der Waals surface area contributed by atoms with Gasteiger partial charge in [0.15, 0.2) is 0 Å². The second-order valence-corrected chi connectivity index (χ2v) is 11.4. The van der Waals surface area contributed by atoms with E-state index in [2.05, 4.69) is 10.6 Å². The standard InChI is InChI=1S/C29H37ClN4O6/c1-17-7-5-10-21(30)24(17)33-26(37)25(18-11-13-20(35)14-12-18)34(19-8-6-9-19)27(38)22(15-16-23(31)36)32-28(39)40-29(2,3)4/h5,7,10-14,19,22,25,35H,6,8-9,15-16H2,1-4H3,(H2,31,36)(H,32,39)(H,33,37). The normalized spacial score (nSPS) is 14.8. The summed E-state index contributed by atoms with van der Waals surface area (Å²) in [7, 11) is 0. The second-order valence-electron chi connectivity index (χ2n) is 10.9. The lowest BCUT2D eigenvalue weighted by atomic mass is 9.87. The van der Waals surface area contributed by atoms with Crippen LogP contribution in [-0.2, 0) is 19.1 Å². The third-order valence-corrected chi connectivity index (χ3v) is 6.91. The van der Waals surface area contributed by atoms with Crippen molar-refractivity contribution in [3.05, 3.63) is 58.6 Å². The summed E-state index contributed by atoms with van der Waals surface area (Å²) in [5.41, 5.74) is 6.14. The van der Waals surface area contributed by atoms with E-state index in [1.54, 1.807) is 58.0 Å². The van der Waals surface area contributed by atoms with Gasteiger partial charge in [0, 0.05) is 12.5 Å². The second kappa shape index (κ2) is 13.0. The topological polar surface area (TPSA) is 151 Å². The Labute approximate surface area is 239 Å². The molecule has 11 heteroatoms. The van der Waals surface area contributed by atoms with Gasteiger partial charge in [0.25, 0.3) is 5.91 Å². The highest BCUT2D eigenvalue weighted by atomic mass is 35.5. The van der Waals surface area contributed by atoms with E-state index in [1.807, 2.05) is 0 Å². The van der Waals surface area contributed by atoms with Gasteiger partial charge in [-0.2, -0.15) is 0 Å². The molecule has 1 fully saturated rings. The molecule has 2 aromatic rings. The SMILES string of the molecule is Cc1cccc(Cl)c1NC(=O)C(c1ccc(O)cc1)N(C(=O)C(CCC(N)=O)NC(=O)OC(C)(C)C)C1CCC1. The van der Waals surface area contributed by atoms with E-state index in [9.17, 15) is 24.3 Å². The Bertz CT molecular complexity index is 1220. The summed E-state index contributed by atoms with van der Waals surface area (Å²) < 4.78 is 5.36. The summed E-state index contributed by atoms with van der Waals surface area (Å²) in [6, 6.07) is 8.60. The number of halogens is 1. The van der Waals surface area contributed by atoms with E-state index in [0.29, 0.717) is 29.1 Å². The molecular weight excluding hydrogens is 536 g/mol. The molecule has 0 spiro atoms. The maximum absolute atomic E-state index is 14.2. The fraction of sp³-hybridized carbons (Fsp3) is 0.448. The minimum atomic E-state index is -1.18. The van der Waals surface area contributed by atoms with Gasteiger partial charge >= 0.3 is 6.09 Å². The molecule has 0 radical (unpaired) electrons. The molecule has 40 heavy (non-hydrogen) atoms. The van der Waals surface area contributed by atoms with Crippen LogP contribution in [0.15, 0.2) is 42.5 Å². The first-order valence-electron chi connectivity index (χ1n) is 13.2. The van der Waals surface area contributed by atoms with Crippen molar-refractivity contribution in [1.29, 1.82) is 0 Å². The van der Waals surface area contributed by atoms with Crippen LogP contribution >= 0.6 is 11.6 Å². The third kappa shape index (κ3) is 8.11. The number of amides is 4. The number of aromatic hydroxyl groups is 1. The van der Waals surface area contributed by atoms with Crippen LogP contribution in [0.2, 0.25) is 5.02 Å². The minimum absolute atomic E-state index is 0.00250. The van der Waals surface area contributed by atoms with E-state index in [-0.39, 0.29) is 24.6 Å². The molecule has 2 unspecified atom stereocenters. The number of nitrogens with one attached hydrogen (secondary N) is 2. The zero-order chi connectivity index (χ0) is 29.6. The first kappa shape index (κ1) is 30.7. The monoisotopic (exact) mass is 572 g/mol. The van der Waals surface area contributed by atoms with E-state index in [0.717, 1.165) is 12.0 Å². The number of carbonyl (C=O) groups excluding carboxylic acids is 4. The first-order chi connectivity index (χ1) is 18.8. The minimum Gasteiger partial charge on any atom is -0.508 e. The zero-order valence-electron chi connectivity index (χ0n) is 23.2. The number of anilines is 1. The van der Waals surface area contributed by atoms with Crippen molar-refractivity contribution >= 4 is 41.1 Å². The number of aryl methyl sites for hydroxylation is 1. The Balaban J connectivity index is 2.04. The quantitative estimate of drug-likeness (QED) is 0.327. The number of para-hydroxylation sites is 1. The van der Waals surface area contributed by atoms with Crippen LogP contribution in [0.25, 0.3) is 0 Å². The van der Waals surface area contributed by atoms with Gasteiger partial charge in [-0.3, -0.25) is 14.4 Å². The van der Waals surface area contributed by atoms with E-state index in [4.69, 9.17) is 22.1 Å². The Morgan fingerprint density at radius 1 is 1.12 bits per heavy atom. The molecule has 3 rings (SSSR count). The van der Waals surface area contributed by atoms with Crippen molar-refractivity contribution in [3.63, 3.8) is 0 Å². The average Bonchev–Trinajstić information content (AvgIpc) is 2.82. The van der Waals surface area contributed by atoms with Crippen LogP contribution in [0, 0.1) is 6.92 Å². The fourth-order valence-corrected chi connectivity index (χ4v) is 4.70. The van der Waals surface area contributed by atoms with Crippen molar-refractivity contribution < 1.29 is 29.0 Å². The lowest BCUT2D eigenvalue weighted by Gasteiger charge is -2.43. The zero-order valence-corrected chi connectivity index (χ0v) is 24.0. The number of hydrogen-bond acceptors (Lipinski definition) is 6. The molecule has 0 aromatic heterocycles. The third-order valence-electron chi connectivity index (χ3n) is 6.60. The van der Waals surface area contributed by atoms with Gasteiger partial charge < -0.3 is 31.1 Å². The Kier molecular flexibility index (Phi) is 10.0. The summed E-state index contributed by atoms with van der Waals surface area (Å²) in [4.78, 5) is 54.0. The van der Waals surface area contributed by atoms with Crippen LogP contribution < -0.4 is 16.4 Å². The molecule has 1 saturated carbocycles. The van der Waals surface area contributed by atoms with Crippen molar-refractivity contribution in [3.8, 4) is 5.75 Å². The molecule has 2 atom stereocenters. The number of hydrogen-bond donors (Lipinski definition) is 4. The molecule has 4 amide bonds. The lowest BCUT2D eigenvalue weighted by Crippen LogP contribution is -2.57. The van der Waals surface area contributed by atoms with Gasteiger partial charge in [-0.1, -0.05) is 35.9 Å². The lowest BCUT2D eigenvalue weighted by molar-refractivity contribution is -0.146. The van der Waals surface area contributed by atoms with Crippen LogP contribution in [-0.4, -0.2) is 51.5 Å². The summed E-state index contributed by atoms with van der Waals surface area (Å²) in [5.74, 6) is -1.72. The van der Waals surface area contributed by atoms with E-state index in [1.165, 1.54) is 17.0 Å². The number of benzene rings is 2. The van der Waals surface area contributed by atoms with Crippen LogP contribution in [0.3, 0.4) is 0 Å². The smallest absolute Gasteiger partial charge is 0.408 e. The van der Waals surface area contributed by atoms with E-state index >= 15 is 0 Å². The molecule has 5 N–H and O–H groups in total. The number of rotatable bonds is 10. The summed E-state index contributed by atoms with van der Waals surface area (Å²) in [5, 5.41) is 15.7. The number of nitrogens with zero attached hydrogens (tertiary/aromatic N) is 1. The molecule has 1 aliphatic rings. The molecule has 0 heterocycles. The highest BCUT2D eigenvalue weighted by Crippen LogP contribution is 2.36. The van der Waals surface area contributed by atoms with Crippen LogP contribution in [0.4, 0.5) is 10.5 Å². The summed E-state index contributed by atoms with van der Waals surface area (Å²) in [6.45, 7) is 6.87. The number of carbonyl (C=O) groups is 4. The van der Waals surface area contributed by atoms with Gasteiger partial charge in [0.05, 0.1) is 10.7 Å². The van der Waals surface area contributed by atoms with Crippen molar-refractivity contribution in [1.82, 2.24) is 10.2 Å². The largest absolute Gasteiger partial charge is 0.508 e. The predicted octanol–water partition coefficient (Wildman–Crippen LogP) is 4.57. The molecule has 0 bridgehead atoms. The number of phenols is 1. The van der Waals surface area contributed by atoms with Crippen LogP contribution in [0.5, 0.6) is 5.75 Å². The van der Waals surface area contributed by atoms with Crippen LogP contribution in [0.1, 0.15) is 70.0 Å². The van der Waals surface area contributed by atoms with Crippen molar-refractivity contribution in [2.75, 3.05) is 5.32 Å². The van der Waals surface area contributed by atoms with Gasteiger partial charge in [-0.05, 0) is 82.7 Å². The first-order valence-corrected chi connectivity index (χ1v) is 13.6. The van der Waals surface area contributed by atoms with Gasteiger partial charge in [-0.15, -0.1) is 0 Å². The van der Waals surface area contributed by atoms with Gasteiger partial charge in [-0.25, -0.2) is 4.79 Å². The number of phenolic OH excluding ortho intramolecular Hbond substituents is 1. The van der Waals surface area contributed by atoms with Gasteiger partial charge in [0.2, 0.25) is 11.8 Å². The molecule has 0 saturated heterocycles. The number of ether oxygens (including phenoxy) is 1. The average molecular weight is 573 g/mol. The summed E-state index contributed by atoms with van der Waals surface area (Å²) in [6.07, 6.45) is 1.07. The van der Waals surface area contributed by atoms with Gasteiger partial charge in [0.1, 0.15) is 23.4 Å². The maximum Gasteiger partial charge on any atom is 0.408 e. The van der Waals surface area contributed by atoms with Crippen molar-refractivity contribution in [2.45, 2.75) is 83.5 Å². The molecule has 2 aromatic carbocycles. The van der Waals surface area contributed by atoms with E-state index < -0.39 is 41.5 Å². The predicted molar refractivity (Wildman–Crippen MR) is 152 cm³/mol.